The number of nitrogens with zero attached hydrogens (tertiary/aromatic N) is 2. The van der Waals surface area contributed by atoms with Crippen molar-refractivity contribution in [3.05, 3.63) is 82.9 Å². The van der Waals surface area contributed by atoms with Gasteiger partial charge in [-0.15, -0.1) is 0 Å². The van der Waals surface area contributed by atoms with Crippen LogP contribution in [0.5, 0.6) is 11.5 Å². The van der Waals surface area contributed by atoms with Crippen LogP contribution in [0, 0.1) is 0 Å². The maximum atomic E-state index is 13.4. The van der Waals surface area contributed by atoms with Crippen molar-refractivity contribution >= 4 is 34.8 Å². The quantitative estimate of drug-likeness (QED) is 0.530. The van der Waals surface area contributed by atoms with Crippen molar-refractivity contribution in [2.45, 2.75) is 6.17 Å². The van der Waals surface area contributed by atoms with E-state index in [4.69, 9.17) is 21.1 Å². The SMILES string of the molecule is COc1ccc(OCC(=O)NN2C(=O)c3cc(Cl)ccc3NC2c2ccc(N(C)C)cc2)cc1. The Hall–Kier alpha value is -3.91. The van der Waals surface area contributed by atoms with E-state index < -0.39 is 12.1 Å². The standard InChI is InChI=1S/C25H25ClN4O4/c1-29(2)18-7-4-16(5-8-18)24-27-22-13-6-17(26)14-21(22)25(32)30(24)28-23(31)15-34-20-11-9-19(33-3)10-12-20/h4-14,24,27H,15H2,1-3H3,(H,28,31). The summed E-state index contributed by atoms with van der Waals surface area (Å²) in [6.45, 7) is -0.273. The number of hydrogen-bond acceptors (Lipinski definition) is 6. The zero-order valence-electron chi connectivity index (χ0n) is 19.0. The molecule has 0 aromatic heterocycles. The molecule has 0 radical (unpaired) electrons. The fraction of sp³-hybridized carbons (Fsp3) is 0.200. The minimum Gasteiger partial charge on any atom is -0.497 e. The molecule has 8 nitrogen and oxygen atoms in total. The Morgan fingerprint density at radius 2 is 1.74 bits per heavy atom. The fourth-order valence-corrected chi connectivity index (χ4v) is 3.74. The zero-order valence-corrected chi connectivity index (χ0v) is 19.8. The highest BCUT2D eigenvalue weighted by Crippen LogP contribution is 2.34. The van der Waals surface area contributed by atoms with E-state index in [0.717, 1.165) is 11.3 Å². The van der Waals surface area contributed by atoms with Crippen molar-refractivity contribution in [3.8, 4) is 11.5 Å². The molecule has 0 bridgehead atoms. The van der Waals surface area contributed by atoms with E-state index in [-0.39, 0.29) is 12.5 Å². The number of methoxy groups -OCH3 is 1. The molecule has 0 saturated heterocycles. The number of rotatable bonds is 7. The second-order valence-electron chi connectivity index (χ2n) is 7.90. The lowest BCUT2D eigenvalue weighted by atomic mass is 10.0. The van der Waals surface area contributed by atoms with Crippen LogP contribution in [0.3, 0.4) is 0 Å². The van der Waals surface area contributed by atoms with E-state index >= 15 is 0 Å². The van der Waals surface area contributed by atoms with Crippen LogP contribution in [0.2, 0.25) is 5.02 Å². The molecule has 34 heavy (non-hydrogen) atoms. The molecule has 2 amide bonds. The summed E-state index contributed by atoms with van der Waals surface area (Å²) in [5.74, 6) is 0.330. The Labute approximate surface area is 203 Å². The predicted molar refractivity (Wildman–Crippen MR) is 131 cm³/mol. The van der Waals surface area contributed by atoms with Gasteiger partial charge in [0.2, 0.25) is 0 Å². The molecule has 0 aliphatic carbocycles. The van der Waals surface area contributed by atoms with E-state index in [0.29, 0.717) is 27.8 Å². The van der Waals surface area contributed by atoms with Crippen LogP contribution in [0.15, 0.2) is 66.7 Å². The molecule has 0 spiro atoms. The molecule has 3 aromatic carbocycles. The van der Waals surface area contributed by atoms with Gasteiger partial charge in [0, 0.05) is 30.5 Å². The number of benzene rings is 3. The molecule has 1 heterocycles. The van der Waals surface area contributed by atoms with Crippen molar-refractivity contribution in [2.24, 2.45) is 0 Å². The first kappa shape index (κ1) is 23.3. The van der Waals surface area contributed by atoms with Crippen LogP contribution >= 0.6 is 11.6 Å². The van der Waals surface area contributed by atoms with Gasteiger partial charge in [-0.3, -0.25) is 15.0 Å². The van der Waals surface area contributed by atoms with Gasteiger partial charge in [0.05, 0.1) is 12.7 Å². The first-order valence-corrected chi connectivity index (χ1v) is 11.0. The number of carbonyl (C=O) groups excluding carboxylic acids is 2. The maximum Gasteiger partial charge on any atom is 0.276 e. The number of carbonyl (C=O) groups is 2. The molecule has 2 N–H and O–H groups in total. The van der Waals surface area contributed by atoms with E-state index in [1.807, 2.05) is 43.3 Å². The second-order valence-corrected chi connectivity index (χ2v) is 8.33. The van der Waals surface area contributed by atoms with Crippen molar-refractivity contribution in [3.63, 3.8) is 0 Å². The van der Waals surface area contributed by atoms with Gasteiger partial charge < -0.3 is 19.7 Å². The third-order valence-corrected chi connectivity index (χ3v) is 5.62. The molecule has 176 valence electrons. The van der Waals surface area contributed by atoms with Crippen LogP contribution < -0.4 is 25.1 Å². The third kappa shape index (κ3) is 5.02. The van der Waals surface area contributed by atoms with Crippen LogP contribution in [-0.2, 0) is 4.79 Å². The van der Waals surface area contributed by atoms with Crippen molar-refractivity contribution in [1.29, 1.82) is 0 Å². The van der Waals surface area contributed by atoms with Gasteiger partial charge in [-0.25, -0.2) is 5.01 Å². The van der Waals surface area contributed by atoms with E-state index in [9.17, 15) is 9.59 Å². The average Bonchev–Trinajstić information content (AvgIpc) is 2.85. The first-order valence-electron chi connectivity index (χ1n) is 10.6. The second kappa shape index (κ2) is 9.93. The summed E-state index contributed by atoms with van der Waals surface area (Å²) in [5, 5.41) is 5.02. The van der Waals surface area contributed by atoms with Crippen LogP contribution in [0.25, 0.3) is 0 Å². The summed E-state index contributed by atoms with van der Waals surface area (Å²) < 4.78 is 10.7. The van der Waals surface area contributed by atoms with E-state index in [2.05, 4.69) is 10.7 Å². The van der Waals surface area contributed by atoms with Crippen molar-refractivity contribution in [2.75, 3.05) is 38.0 Å². The van der Waals surface area contributed by atoms with Gasteiger partial charge in [0.25, 0.3) is 11.8 Å². The Morgan fingerprint density at radius 1 is 1.06 bits per heavy atom. The summed E-state index contributed by atoms with van der Waals surface area (Å²) in [4.78, 5) is 28.1. The molecule has 0 saturated carbocycles. The van der Waals surface area contributed by atoms with Gasteiger partial charge in [-0.05, 0) is 60.2 Å². The fourth-order valence-electron chi connectivity index (χ4n) is 3.57. The number of fused-ring (bicyclic) bond motifs is 1. The number of amides is 2. The highest BCUT2D eigenvalue weighted by Gasteiger charge is 2.34. The summed E-state index contributed by atoms with van der Waals surface area (Å²) in [7, 11) is 5.47. The molecular weight excluding hydrogens is 456 g/mol. The smallest absolute Gasteiger partial charge is 0.276 e. The summed E-state index contributed by atoms with van der Waals surface area (Å²) in [5.41, 5.74) is 5.51. The number of hydrazine groups is 1. The lowest BCUT2D eigenvalue weighted by molar-refractivity contribution is -0.127. The minimum atomic E-state index is -0.623. The first-order chi connectivity index (χ1) is 16.4. The Bertz CT molecular complexity index is 1180. The molecule has 1 atom stereocenters. The van der Waals surface area contributed by atoms with E-state index in [1.165, 1.54) is 5.01 Å². The zero-order chi connectivity index (χ0) is 24.2. The minimum absolute atomic E-state index is 0.273. The van der Waals surface area contributed by atoms with Crippen LogP contribution in [0.1, 0.15) is 22.1 Å². The number of anilines is 2. The third-order valence-electron chi connectivity index (χ3n) is 5.38. The lowest BCUT2D eigenvalue weighted by Crippen LogP contribution is -2.53. The molecule has 1 aliphatic rings. The predicted octanol–water partition coefficient (Wildman–Crippen LogP) is 4.09. The normalized spacial score (nSPS) is 14.6. The van der Waals surface area contributed by atoms with Gasteiger partial charge in [-0.1, -0.05) is 23.7 Å². The topological polar surface area (TPSA) is 83.1 Å². The highest BCUT2D eigenvalue weighted by molar-refractivity contribution is 6.31. The van der Waals surface area contributed by atoms with Gasteiger partial charge in [0.15, 0.2) is 6.61 Å². The molecule has 9 heteroatoms. The Morgan fingerprint density at radius 3 is 2.38 bits per heavy atom. The molecule has 0 fully saturated rings. The summed E-state index contributed by atoms with van der Waals surface area (Å²) >= 11 is 6.12. The lowest BCUT2D eigenvalue weighted by Gasteiger charge is -2.38. The van der Waals surface area contributed by atoms with Crippen LogP contribution in [0.4, 0.5) is 11.4 Å². The number of halogens is 1. The average molecular weight is 481 g/mol. The molecule has 1 aliphatic heterocycles. The number of nitrogens with one attached hydrogen (secondary N) is 2. The molecule has 3 aromatic rings. The van der Waals surface area contributed by atoms with E-state index in [1.54, 1.807) is 49.6 Å². The monoisotopic (exact) mass is 480 g/mol. The maximum absolute atomic E-state index is 13.4. The summed E-state index contributed by atoms with van der Waals surface area (Å²) in [6.07, 6.45) is -0.623. The Balaban J connectivity index is 1.55. The van der Waals surface area contributed by atoms with Gasteiger partial charge >= 0.3 is 0 Å². The summed E-state index contributed by atoms with van der Waals surface area (Å²) in [6, 6.07) is 19.6. The van der Waals surface area contributed by atoms with Crippen molar-refractivity contribution < 1.29 is 19.1 Å². The Kier molecular flexibility index (Phi) is 6.79. The van der Waals surface area contributed by atoms with Gasteiger partial charge in [0.1, 0.15) is 17.7 Å². The molecular formula is C25H25ClN4O4. The number of hydrogen-bond donors (Lipinski definition) is 2. The number of ether oxygens (including phenoxy) is 2. The highest BCUT2D eigenvalue weighted by atomic mass is 35.5. The molecule has 1 unspecified atom stereocenters. The van der Waals surface area contributed by atoms with Crippen LogP contribution in [-0.4, -0.2) is 44.6 Å². The van der Waals surface area contributed by atoms with Gasteiger partial charge in [-0.2, -0.15) is 0 Å². The molecule has 4 rings (SSSR count). The van der Waals surface area contributed by atoms with Crippen molar-refractivity contribution in [1.82, 2.24) is 10.4 Å². The largest absolute Gasteiger partial charge is 0.497 e.